The lowest BCUT2D eigenvalue weighted by Crippen LogP contribution is -2.35. The summed E-state index contributed by atoms with van der Waals surface area (Å²) in [5.74, 6) is -0.613. The van der Waals surface area contributed by atoms with Crippen LogP contribution in [0.15, 0.2) is 48.5 Å². The summed E-state index contributed by atoms with van der Waals surface area (Å²) >= 11 is 7.44. The molecule has 148 valence electrons. The molecule has 28 heavy (non-hydrogen) atoms. The smallest absolute Gasteiger partial charge is 0.252 e. The second-order valence-electron chi connectivity index (χ2n) is 6.23. The van der Waals surface area contributed by atoms with Gasteiger partial charge < -0.3 is 4.90 Å². The van der Waals surface area contributed by atoms with Crippen molar-refractivity contribution in [2.75, 3.05) is 32.1 Å². The molecule has 4 nitrogen and oxygen atoms in total. The van der Waals surface area contributed by atoms with E-state index in [0.717, 1.165) is 5.56 Å². The third kappa shape index (κ3) is 5.29. The third-order valence-electron chi connectivity index (χ3n) is 3.94. The van der Waals surface area contributed by atoms with Gasteiger partial charge in [0.2, 0.25) is 0 Å². The van der Waals surface area contributed by atoms with E-state index in [1.807, 2.05) is 37.2 Å². The number of anilines is 1. The van der Waals surface area contributed by atoms with Crippen LogP contribution < -0.4 is 4.90 Å². The molecule has 0 aliphatic carbocycles. The normalized spacial score (nSPS) is 11.2. The fourth-order valence-corrected chi connectivity index (χ4v) is 3.69. The van der Waals surface area contributed by atoms with Gasteiger partial charge in [-0.1, -0.05) is 47.2 Å². The average Bonchev–Trinajstić information content (AvgIpc) is 3.06. The Morgan fingerprint density at radius 3 is 2.61 bits per heavy atom. The molecule has 0 saturated carbocycles. The predicted molar refractivity (Wildman–Crippen MR) is 118 cm³/mol. The van der Waals surface area contributed by atoms with E-state index in [0.29, 0.717) is 27.9 Å². The van der Waals surface area contributed by atoms with Gasteiger partial charge in [-0.2, -0.15) is 0 Å². The average molecular weight is 440 g/mol. The second-order valence-corrected chi connectivity index (χ2v) is 7.65. The molecule has 0 fully saturated rings. The molecular weight excluding hydrogens is 420 g/mol. The molecule has 8 heteroatoms. The highest BCUT2D eigenvalue weighted by Crippen LogP contribution is 2.30. The van der Waals surface area contributed by atoms with Crippen molar-refractivity contribution < 1.29 is 9.18 Å². The van der Waals surface area contributed by atoms with E-state index in [1.54, 1.807) is 29.2 Å². The number of hydrogen-bond acceptors (Lipinski definition) is 4. The van der Waals surface area contributed by atoms with Gasteiger partial charge in [0.05, 0.1) is 4.70 Å². The fraction of sp³-hybridized carbons (Fsp3) is 0.200. The molecule has 0 saturated heterocycles. The lowest BCUT2D eigenvalue weighted by Gasteiger charge is -2.20. The molecule has 0 radical (unpaired) electrons. The van der Waals surface area contributed by atoms with Crippen molar-refractivity contribution in [3.63, 3.8) is 0 Å². The van der Waals surface area contributed by atoms with E-state index in [-0.39, 0.29) is 29.6 Å². The minimum Gasteiger partial charge on any atom is -0.308 e. The minimum atomic E-state index is -0.387. The van der Waals surface area contributed by atoms with E-state index in [9.17, 15) is 9.18 Å². The summed E-state index contributed by atoms with van der Waals surface area (Å²) in [6, 6.07) is 12.1. The van der Waals surface area contributed by atoms with E-state index in [4.69, 9.17) is 11.6 Å². The van der Waals surface area contributed by atoms with Crippen molar-refractivity contribution >= 4 is 62.7 Å². The zero-order valence-electron chi connectivity index (χ0n) is 15.4. The van der Waals surface area contributed by atoms with Gasteiger partial charge in [-0.3, -0.25) is 9.69 Å². The minimum absolute atomic E-state index is 0. The molecule has 2 aromatic carbocycles. The molecule has 0 atom stereocenters. The Kier molecular flexibility index (Phi) is 7.95. The van der Waals surface area contributed by atoms with Crippen LogP contribution in [0.2, 0.25) is 5.02 Å². The number of carbonyl (C=O) groups is 1. The summed E-state index contributed by atoms with van der Waals surface area (Å²) in [4.78, 5) is 20.8. The Bertz CT molecular complexity index is 990. The first-order valence-corrected chi connectivity index (χ1v) is 9.59. The maximum Gasteiger partial charge on any atom is 0.252 e. The first kappa shape index (κ1) is 22.3. The van der Waals surface area contributed by atoms with Gasteiger partial charge in [0.1, 0.15) is 11.3 Å². The zero-order valence-corrected chi connectivity index (χ0v) is 17.8. The van der Waals surface area contributed by atoms with Gasteiger partial charge in [0.15, 0.2) is 5.13 Å². The highest BCUT2D eigenvalue weighted by Gasteiger charge is 2.19. The Morgan fingerprint density at radius 2 is 1.93 bits per heavy atom. The van der Waals surface area contributed by atoms with Crippen molar-refractivity contribution in [1.82, 2.24) is 9.88 Å². The van der Waals surface area contributed by atoms with E-state index in [1.165, 1.54) is 23.5 Å². The van der Waals surface area contributed by atoms with Crippen LogP contribution in [0.4, 0.5) is 9.52 Å². The number of carbonyl (C=O) groups excluding carboxylic acids is 1. The number of likely N-dealkylation sites (N-methyl/N-ethyl adjacent to an activating group) is 1. The van der Waals surface area contributed by atoms with Crippen LogP contribution in [0, 0.1) is 5.82 Å². The maximum absolute atomic E-state index is 14.0. The standard InChI is InChI=1S/C20H19ClFN3OS.ClH/c1-24(2)12-13-25(18(26)11-10-14-6-3-4-7-15(14)21)20-23-19-16(22)8-5-9-17(19)27-20;/h3-11H,12-13H2,1-2H3;1H. The highest BCUT2D eigenvalue weighted by atomic mass is 35.5. The molecule has 0 unspecified atom stereocenters. The predicted octanol–water partition coefficient (Wildman–Crippen LogP) is 5.12. The van der Waals surface area contributed by atoms with Crippen LogP contribution in [0.3, 0.4) is 0 Å². The van der Waals surface area contributed by atoms with Crippen LogP contribution >= 0.6 is 35.3 Å². The van der Waals surface area contributed by atoms with Crippen molar-refractivity contribution in [3.8, 4) is 0 Å². The molecule has 0 aliphatic heterocycles. The van der Waals surface area contributed by atoms with Gasteiger partial charge in [-0.15, -0.1) is 12.4 Å². The molecule has 0 N–H and O–H groups in total. The molecule has 0 bridgehead atoms. The molecule has 3 rings (SSSR count). The third-order valence-corrected chi connectivity index (χ3v) is 5.32. The van der Waals surface area contributed by atoms with Crippen LogP contribution in [0.5, 0.6) is 0 Å². The number of para-hydroxylation sites is 1. The topological polar surface area (TPSA) is 36.4 Å². The summed E-state index contributed by atoms with van der Waals surface area (Å²) in [5, 5.41) is 1.05. The number of rotatable bonds is 6. The Morgan fingerprint density at radius 1 is 1.18 bits per heavy atom. The van der Waals surface area contributed by atoms with Crippen molar-refractivity contribution in [3.05, 3.63) is 64.9 Å². The van der Waals surface area contributed by atoms with Gasteiger partial charge in [0, 0.05) is 24.2 Å². The van der Waals surface area contributed by atoms with Crippen LogP contribution in [0.1, 0.15) is 5.56 Å². The molecule has 3 aromatic rings. The number of nitrogens with zero attached hydrogens (tertiary/aromatic N) is 3. The SMILES string of the molecule is CN(C)CCN(C(=O)C=Cc1ccccc1Cl)c1nc2c(F)cccc2s1.Cl. The Hall–Kier alpha value is -1.99. The van der Waals surface area contributed by atoms with E-state index < -0.39 is 0 Å². The molecular formula is C20H20Cl2FN3OS. The second kappa shape index (κ2) is 9.98. The van der Waals surface area contributed by atoms with Gasteiger partial charge >= 0.3 is 0 Å². The Balaban J connectivity index is 0.00000280. The fourth-order valence-electron chi connectivity index (χ4n) is 2.48. The molecule has 1 amide bonds. The zero-order chi connectivity index (χ0) is 19.4. The summed E-state index contributed by atoms with van der Waals surface area (Å²) in [7, 11) is 3.86. The summed E-state index contributed by atoms with van der Waals surface area (Å²) in [6.45, 7) is 1.10. The van der Waals surface area contributed by atoms with Crippen LogP contribution in [-0.4, -0.2) is 43.0 Å². The largest absolute Gasteiger partial charge is 0.308 e. The quantitative estimate of drug-likeness (QED) is 0.500. The van der Waals surface area contributed by atoms with Crippen LogP contribution in [0.25, 0.3) is 16.3 Å². The number of amides is 1. The lowest BCUT2D eigenvalue weighted by atomic mass is 10.2. The van der Waals surface area contributed by atoms with Gasteiger partial charge in [-0.25, -0.2) is 9.37 Å². The van der Waals surface area contributed by atoms with Gasteiger partial charge in [-0.05, 0) is 43.9 Å². The summed E-state index contributed by atoms with van der Waals surface area (Å²) in [6.07, 6.45) is 3.15. The Labute approximate surface area is 178 Å². The number of halogens is 3. The maximum atomic E-state index is 14.0. The lowest BCUT2D eigenvalue weighted by molar-refractivity contribution is -0.114. The molecule has 1 aromatic heterocycles. The van der Waals surface area contributed by atoms with Crippen molar-refractivity contribution in [1.29, 1.82) is 0 Å². The number of thiazole rings is 1. The molecule has 1 heterocycles. The summed E-state index contributed by atoms with van der Waals surface area (Å²) in [5.41, 5.74) is 1.05. The van der Waals surface area contributed by atoms with E-state index in [2.05, 4.69) is 4.98 Å². The first-order valence-electron chi connectivity index (χ1n) is 8.39. The summed E-state index contributed by atoms with van der Waals surface area (Å²) < 4.78 is 14.7. The van der Waals surface area contributed by atoms with Crippen molar-refractivity contribution in [2.24, 2.45) is 0 Å². The van der Waals surface area contributed by atoms with Gasteiger partial charge in [0.25, 0.3) is 5.91 Å². The highest BCUT2D eigenvalue weighted by molar-refractivity contribution is 7.22. The number of benzene rings is 2. The number of aromatic nitrogens is 1. The number of hydrogen-bond donors (Lipinski definition) is 0. The monoisotopic (exact) mass is 439 g/mol. The number of fused-ring (bicyclic) bond motifs is 1. The van der Waals surface area contributed by atoms with Crippen molar-refractivity contribution in [2.45, 2.75) is 0 Å². The first-order chi connectivity index (χ1) is 13.0. The molecule has 0 spiro atoms. The van der Waals surface area contributed by atoms with Crippen LogP contribution in [-0.2, 0) is 4.79 Å². The van der Waals surface area contributed by atoms with E-state index >= 15 is 0 Å². The molecule has 0 aliphatic rings.